The van der Waals surface area contributed by atoms with Gasteiger partial charge in [-0.3, -0.25) is 0 Å². The Bertz CT molecular complexity index is 699. The first-order valence-corrected chi connectivity index (χ1v) is 12.4. The molecule has 1 aromatic carbocycles. The summed E-state index contributed by atoms with van der Waals surface area (Å²) in [5.41, 5.74) is -1.46. The second kappa shape index (κ2) is 11.7. The van der Waals surface area contributed by atoms with Gasteiger partial charge in [-0.2, -0.15) is 13.2 Å². The van der Waals surface area contributed by atoms with E-state index in [1.807, 2.05) is 6.08 Å². The lowest BCUT2D eigenvalue weighted by molar-refractivity contribution is -0.142. The summed E-state index contributed by atoms with van der Waals surface area (Å²) in [5.74, 6) is 0.0326. The van der Waals surface area contributed by atoms with E-state index in [1.165, 1.54) is 57.8 Å². The van der Waals surface area contributed by atoms with Gasteiger partial charge in [-0.05, 0) is 92.7 Å². The maximum Gasteiger partial charge on any atom is 0.422 e. The Hall–Kier alpha value is -1.39. The third-order valence-corrected chi connectivity index (χ3v) is 7.95. The minimum absolute atomic E-state index is 0.321. The number of hydrogen-bond donors (Lipinski definition) is 0. The van der Waals surface area contributed by atoms with Crippen LogP contribution in [0.25, 0.3) is 0 Å². The van der Waals surface area contributed by atoms with Crippen LogP contribution in [0.5, 0.6) is 0 Å². The highest BCUT2D eigenvalue weighted by molar-refractivity contribution is 5.28. The molecule has 2 aliphatic rings. The average molecular weight is 457 g/mol. The normalized spacial score (nSPS) is 26.8. The van der Waals surface area contributed by atoms with E-state index in [1.54, 1.807) is 0 Å². The molecule has 0 nitrogen and oxygen atoms in total. The molecule has 3 rings (SSSR count). The fourth-order valence-electron chi connectivity index (χ4n) is 6.03. The molecular weight excluding hydrogens is 419 g/mol. The van der Waals surface area contributed by atoms with Crippen molar-refractivity contribution in [1.29, 1.82) is 0 Å². The van der Waals surface area contributed by atoms with Gasteiger partial charge in [-0.25, -0.2) is 8.78 Å². The molecule has 0 bridgehead atoms. The molecule has 0 aromatic heterocycles. The van der Waals surface area contributed by atoms with Crippen molar-refractivity contribution >= 4 is 0 Å². The van der Waals surface area contributed by atoms with Crippen molar-refractivity contribution < 1.29 is 22.0 Å². The largest absolute Gasteiger partial charge is 0.422 e. The summed E-state index contributed by atoms with van der Waals surface area (Å²) in [6.07, 6.45) is 13.4. The van der Waals surface area contributed by atoms with Gasteiger partial charge in [0.25, 0.3) is 0 Å². The number of rotatable bonds is 9. The molecule has 0 spiro atoms. The van der Waals surface area contributed by atoms with Crippen molar-refractivity contribution in [1.82, 2.24) is 0 Å². The Kier molecular flexibility index (Phi) is 9.19. The summed E-state index contributed by atoms with van der Waals surface area (Å²) in [4.78, 5) is 0. The number of benzene rings is 1. The van der Waals surface area contributed by atoms with Crippen LogP contribution in [-0.4, -0.2) is 0 Å². The lowest BCUT2D eigenvalue weighted by Gasteiger charge is -2.38. The maximum absolute atomic E-state index is 13.8. The lowest BCUT2D eigenvalue weighted by atomic mass is 9.68. The second-order valence-corrected chi connectivity index (χ2v) is 10.1. The Morgan fingerprint density at radius 3 is 1.75 bits per heavy atom. The molecule has 0 amide bonds. The van der Waals surface area contributed by atoms with E-state index in [-0.39, 0.29) is 0 Å². The highest BCUT2D eigenvalue weighted by Crippen LogP contribution is 2.43. The van der Waals surface area contributed by atoms with Crippen molar-refractivity contribution in [2.75, 3.05) is 0 Å². The first kappa shape index (κ1) is 25.2. The molecule has 0 unspecified atom stereocenters. The standard InChI is InChI=1S/C27H37F5/c1-2-3-4-5-6-19-9-13-22(14-10-19)23-15-11-20(12-16-23)7-8-21-17-24(28)26(25(29)18-21)27(30,31)32/h2,17-20,22-23H,1,3-16H2. The molecule has 0 N–H and O–H groups in total. The molecule has 2 saturated carbocycles. The number of halogens is 5. The second-order valence-electron chi connectivity index (χ2n) is 10.1. The van der Waals surface area contributed by atoms with E-state index in [4.69, 9.17) is 0 Å². The maximum atomic E-state index is 13.8. The third-order valence-electron chi connectivity index (χ3n) is 7.95. The highest BCUT2D eigenvalue weighted by Gasteiger charge is 2.38. The Labute approximate surface area is 189 Å². The summed E-state index contributed by atoms with van der Waals surface area (Å²) in [6.45, 7) is 3.79. The van der Waals surface area contributed by atoms with Crippen molar-refractivity contribution in [2.45, 2.75) is 96.1 Å². The number of aryl methyl sites for hydroxylation is 1. The van der Waals surface area contributed by atoms with Crippen LogP contribution >= 0.6 is 0 Å². The van der Waals surface area contributed by atoms with Crippen molar-refractivity contribution in [3.8, 4) is 0 Å². The van der Waals surface area contributed by atoms with Crippen LogP contribution < -0.4 is 0 Å². The SMILES string of the molecule is C=CCCCCC1CCC(C2CCC(CCc3cc(F)c(C(F)(F)F)c(F)c3)CC2)CC1. The average Bonchev–Trinajstić information content (AvgIpc) is 2.75. The molecule has 0 atom stereocenters. The smallest absolute Gasteiger partial charge is 0.206 e. The van der Waals surface area contributed by atoms with Gasteiger partial charge in [0.15, 0.2) is 0 Å². The van der Waals surface area contributed by atoms with Crippen molar-refractivity contribution in [3.63, 3.8) is 0 Å². The fraction of sp³-hybridized carbons (Fsp3) is 0.704. The molecule has 2 fully saturated rings. The predicted octanol–water partition coefficient (Wildman–Crippen LogP) is 9.28. The van der Waals surface area contributed by atoms with Crippen LogP contribution in [0.1, 0.15) is 94.6 Å². The minimum Gasteiger partial charge on any atom is -0.206 e. The summed E-state index contributed by atoms with van der Waals surface area (Å²) in [7, 11) is 0. The molecule has 180 valence electrons. The zero-order valence-corrected chi connectivity index (χ0v) is 19.0. The van der Waals surface area contributed by atoms with E-state index < -0.39 is 23.4 Å². The molecule has 0 saturated heterocycles. The van der Waals surface area contributed by atoms with E-state index in [2.05, 4.69) is 6.58 Å². The number of allylic oxidation sites excluding steroid dienone is 1. The van der Waals surface area contributed by atoms with Gasteiger partial charge in [-0.1, -0.05) is 44.6 Å². The van der Waals surface area contributed by atoms with Gasteiger partial charge < -0.3 is 0 Å². The summed E-state index contributed by atoms with van der Waals surface area (Å²) < 4.78 is 65.8. The number of hydrogen-bond acceptors (Lipinski definition) is 0. The van der Waals surface area contributed by atoms with E-state index in [9.17, 15) is 22.0 Å². The Morgan fingerprint density at radius 2 is 1.28 bits per heavy atom. The van der Waals surface area contributed by atoms with Crippen LogP contribution in [-0.2, 0) is 12.6 Å². The molecule has 0 aliphatic heterocycles. The van der Waals surface area contributed by atoms with Gasteiger partial charge in [0.05, 0.1) is 0 Å². The predicted molar refractivity (Wildman–Crippen MR) is 119 cm³/mol. The van der Waals surface area contributed by atoms with Crippen LogP contribution in [0.3, 0.4) is 0 Å². The molecular formula is C27H37F5. The zero-order chi connectivity index (χ0) is 23.1. The van der Waals surface area contributed by atoms with E-state index in [0.29, 0.717) is 17.9 Å². The number of unbranched alkanes of at least 4 members (excludes halogenated alkanes) is 2. The zero-order valence-electron chi connectivity index (χ0n) is 19.0. The van der Waals surface area contributed by atoms with Gasteiger partial charge >= 0.3 is 6.18 Å². The summed E-state index contributed by atoms with van der Waals surface area (Å²) >= 11 is 0. The number of alkyl halides is 3. The molecule has 32 heavy (non-hydrogen) atoms. The lowest BCUT2D eigenvalue weighted by Crippen LogP contribution is -2.26. The Morgan fingerprint density at radius 1 is 0.781 bits per heavy atom. The first-order valence-electron chi connectivity index (χ1n) is 12.4. The molecule has 2 aliphatic carbocycles. The third kappa shape index (κ3) is 7.05. The summed E-state index contributed by atoms with van der Waals surface area (Å²) in [5, 5.41) is 0. The van der Waals surface area contributed by atoms with Gasteiger partial charge in [0.2, 0.25) is 0 Å². The Balaban J connectivity index is 1.38. The minimum atomic E-state index is -5.00. The fourth-order valence-corrected chi connectivity index (χ4v) is 6.03. The quantitative estimate of drug-likeness (QED) is 0.197. The highest BCUT2D eigenvalue weighted by atomic mass is 19.4. The monoisotopic (exact) mass is 456 g/mol. The molecule has 5 heteroatoms. The first-order chi connectivity index (χ1) is 15.3. The van der Waals surface area contributed by atoms with Crippen LogP contribution in [0.4, 0.5) is 22.0 Å². The van der Waals surface area contributed by atoms with Gasteiger partial charge in [0.1, 0.15) is 17.2 Å². The van der Waals surface area contributed by atoms with Crippen LogP contribution in [0.15, 0.2) is 24.8 Å². The summed E-state index contributed by atoms with van der Waals surface area (Å²) in [6, 6.07) is 1.71. The van der Waals surface area contributed by atoms with Gasteiger partial charge in [0, 0.05) is 0 Å². The van der Waals surface area contributed by atoms with Crippen molar-refractivity contribution in [3.05, 3.63) is 47.5 Å². The molecule has 0 heterocycles. The molecule has 0 radical (unpaired) electrons. The van der Waals surface area contributed by atoms with Crippen LogP contribution in [0, 0.1) is 35.3 Å². The van der Waals surface area contributed by atoms with E-state index >= 15 is 0 Å². The topological polar surface area (TPSA) is 0 Å². The van der Waals surface area contributed by atoms with Crippen molar-refractivity contribution in [2.24, 2.45) is 23.7 Å². The van der Waals surface area contributed by atoms with Gasteiger partial charge in [-0.15, -0.1) is 6.58 Å². The van der Waals surface area contributed by atoms with E-state index in [0.717, 1.165) is 55.6 Å². The molecule has 1 aromatic rings. The van der Waals surface area contributed by atoms with Crippen LogP contribution in [0.2, 0.25) is 0 Å².